The lowest BCUT2D eigenvalue weighted by atomic mass is 10.0. The molecule has 0 aliphatic carbocycles. The van der Waals surface area contributed by atoms with Gasteiger partial charge in [0.25, 0.3) is 0 Å². The number of hydrazone groups is 1. The minimum Gasteiger partial charge on any atom is -0.396 e. The Labute approximate surface area is 129 Å². The number of aliphatic hydroxyl groups excluding tert-OH is 1. The normalized spacial score (nSPS) is 17.9. The molecular weight excluding hydrogens is 284 g/mol. The second-order valence-electron chi connectivity index (χ2n) is 5.09. The van der Waals surface area contributed by atoms with E-state index in [1.165, 1.54) is 5.56 Å². The molecule has 0 saturated heterocycles. The molecule has 1 aliphatic heterocycles. The van der Waals surface area contributed by atoms with Crippen molar-refractivity contribution in [3.8, 4) is 0 Å². The Hall–Kier alpha value is -1.84. The molecular formula is C17H17ClN2O. The first-order chi connectivity index (χ1) is 10.3. The third kappa shape index (κ3) is 3.09. The first-order valence-electron chi connectivity index (χ1n) is 7.05. The number of aliphatic hydroxyl groups is 1. The third-order valence-corrected chi connectivity index (χ3v) is 3.90. The lowest BCUT2D eigenvalue weighted by Gasteiger charge is -2.24. The number of anilines is 1. The van der Waals surface area contributed by atoms with Gasteiger partial charge in [0, 0.05) is 30.2 Å². The Morgan fingerprint density at radius 3 is 2.48 bits per heavy atom. The molecule has 108 valence electrons. The Kier molecular flexibility index (Phi) is 4.23. The fourth-order valence-electron chi connectivity index (χ4n) is 2.62. The molecule has 0 aromatic heterocycles. The van der Waals surface area contributed by atoms with Gasteiger partial charge in [0.2, 0.25) is 0 Å². The molecule has 1 aliphatic rings. The number of hydrogen-bond donors (Lipinski definition) is 1. The highest BCUT2D eigenvalue weighted by atomic mass is 35.5. The topological polar surface area (TPSA) is 35.8 Å². The quantitative estimate of drug-likeness (QED) is 0.925. The van der Waals surface area contributed by atoms with Crippen LogP contribution in [0.5, 0.6) is 0 Å². The maximum Gasteiger partial charge on any atom is 0.0828 e. The highest BCUT2D eigenvalue weighted by molar-refractivity contribution is 6.30. The van der Waals surface area contributed by atoms with Crippen molar-refractivity contribution in [2.75, 3.05) is 11.6 Å². The first kappa shape index (κ1) is 14.1. The minimum atomic E-state index is 0.134. The fourth-order valence-corrected chi connectivity index (χ4v) is 2.74. The average molecular weight is 301 g/mol. The van der Waals surface area contributed by atoms with Gasteiger partial charge in [-0.05, 0) is 29.8 Å². The molecule has 1 atom stereocenters. The zero-order valence-corrected chi connectivity index (χ0v) is 12.4. The van der Waals surface area contributed by atoms with Crippen LogP contribution in [-0.2, 0) is 0 Å². The van der Waals surface area contributed by atoms with Crippen LogP contribution in [0.1, 0.15) is 24.4 Å². The SMILES string of the molecule is OCCC1=NN(c2ccccc2)[C@H](c2ccc(Cl)cc2)C1. The molecule has 0 unspecified atom stereocenters. The maximum absolute atomic E-state index is 9.16. The molecule has 0 radical (unpaired) electrons. The molecule has 0 saturated carbocycles. The van der Waals surface area contributed by atoms with E-state index in [0.29, 0.717) is 6.42 Å². The summed E-state index contributed by atoms with van der Waals surface area (Å²) in [5, 5.41) is 16.6. The number of halogens is 1. The summed E-state index contributed by atoms with van der Waals surface area (Å²) in [6.07, 6.45) is 1.45. The summed E-state index contributed by atoms with van der Waals surface area (Å²) >= 11 is 5.97. The molecule has 2 aromatic rings. The van der Waals surface area contributed by atoms with Crippen LogP contribution in [0.3, 0.4) is 0 Å². The molecule has 1 heterocycles. The maximum atomic E-state index is 9.16. The molecule has 3 rings (SSSR count). The van der Waals surface area contributed by atoms with Crippen LogP contribution < -0.4 is 5.01 Å². The Bertz CT molecular complexity index is 625. The van der Waals surface area contributed by atoms with Crippen LogP contribution in [-0.4, -0.2) is 17.4 Å². The average Bonchev–Trinajstić information content (AvgIpc) is 2.93. The van der Waals surface area contributed by atoms with Crippen LogP contribution in [0, 0.1) is 0 Å². The largest absolute Gasteiger partial charge is 0.396 e. The van der Waals surface area contributed by atoms with E-state index < -0.39 is 0 Å². The molecule has 0 bridgehead atoms. The predicted molar refractivity (Wildman–Crippen MR) is 86.9 cm³/mol. The number of para-hydroxylation sites is 1. The number of hydrogen-bond acceptors (Lipinski definition) is 3. The molecule has 3 nitrogen and oxygen atoms in total. The van der Waals surface area contributed by atoms with Gasteiger partial charge in [-0.15, -0.1) is 0 Å². The van der Waals surface area contributed by atoms with E-state index in [9.17, 15) is 0 Å². The van der Waals surface area contributed by atoms with Crippen molar-refractivity contribution in [2.24, 2.45) is 5.10 Å². The minimum absolute atomic E-state index is 0.134. The number of nitrogens with zero attached hydrogens (tertiary/aromatic N) is 2. The van der Waals surface area contributed by atoms with Gasteiger partial charge >= 0.3 is 0 Å². The second kappa shape index (κ2) is 6.29. The predicted octanol–water partition coefficient (Wildman–Crippen LogP) is 4.03. The van der Waals surface area contributed by atoms with E-state index >= 15 is 0 Å². The van der Waals surface area contributed by atoms with Crippen molar-refractivity contribution in [1.29, 1.82) is 0 Å². The summed E-state index contributed by atoms with van der Waals surface area (Å²) in [7, 11) is 0. The van der Waals surface area contributed by atoms with Crippen molar-refractivity contribution < 1.29 is 5.11 Å². The molecule has 0 spiro atoms. The molecule has 0 fully saturated rings. The van der Waals surface area contributed by atoms with E-state index in [4.69, 9.17) is 16.7 Å². The standard InChI is InChI=1S/C17H17ClN2O/c18-14-8-6-13(7-9-14)17-12-15(10-11-21)19-20(17)16-4-2-1-3-5-16/h1-9,17,21H,10-12H2/t17-/m0/s1. The summed E-state index contributed by atoms with van der Waals surface area (Å²) in [5.41, 5.74) is 3.27. The zero-order valence-electron chi connectivity index (χ0n) is 11.6. The van der Waals surface area contributed by atoms with Crippen molar-refractivity contribution in [2.45, 2.75) is 18.9 Å². The summed E-state index contributed by atoms with van der Waals surface area (Å²) in [6, 6.07) is 18.2. The summed E-state index contributed by atoms with van der Waals surface area (Å²) in [6.45, 7) is 0.134. The Morgan fingerprint density at radius 2 is 1.81 bits per heavy atom. The van der Waals surface area contributed by atoms with Crippen LogP contribution in [0.2, 0.25) is 5.02 Å². The van der Waals surface area contributed by atoms with Crippen LogP contribution in [0.15, 0.2) is 59.7 Å². The van der Waals surface area contributed by atoms with Crippen molar-refractivity contribution >= 4 is 23.0 Å². The van der Waals surface area contributed by atoms with Gasteiger partial charge in [-0.2, -0.15) is 5.10 Å². The second-order valence-corrected chi connectivity index (χ2v) is 5.53. The number of benzene rings is 2. The molecule has 0 amide bonds. The molecule has 21 heavy (non-hydrogen) atoms. The van der Waals surface area contributed by atoms with Gasteiger partial charge in [0.05, 0.1) is 11.7 Å². The fraction of sp³-hybridized carbons (Fsp3) is 0.235. The lowest BCUT2D eigenvalue weighted by Crippen LogP contribution is -2.18. The van der Waals surface area contributed by atoms with Crippen molar-refractivity contribution in [3.05, 3.63) is 65.2 Å². The number of rotatable bonds is 4. The third-order valence-electron chi connectivity index (χ3n) is 3.65. The highest BCUT2D eigenvalue weighted by Gasteiger charge is 2.28. The molecule has 4 heteroatoms. The van der Waals surface area contributed by atoms with Crippen molar-refractivity contribution in [3.63, 3.8) is 0 Å². The molecule has 2 aromatic carbocycles. The summed E-state index contributed by atoms with van der Waals surface area (Å²) < 4.78 is 0. The van der Waals surface area contributed by atoms with Gasteiger partial charge in [0.15, 0.2) is 0 Å². The van der Waals surface area contributed by atoms with E-state index in [2.05, 4.69) is 5.10 Å². The van der Waals surface area contributed by atoms with Gasteiger partial charge in [-0.3, -0.25) is 5.01 Å². The smallest absolute Gasteiger partial charge is 0.0828 e. The lowest BCUT2D eigenvalue weighted by molar-refractivity contribution is 0.306. The summed E-state index contributed by atoms with van der Waals surface area (Å²) in [4.78, 5) is 0. The van der Waals surface area contributed by atoms with E-state index in [1.54, 1.807) is 0 Å². The molecule has 1 N–H and O–H groups in total. The van der Waals surface area contributed by atoms with Crippen LogP contribution in [0.4, 0.5) is 5.69 Å². The van der Waals surface area contributed by atoms with E-state index in [-0.39, 0.29) is 12.6 Å². The summed E-state index contributed by atoms with van der Waals surface area (Å²) in [5.74, 6) is 0. The Morgan fingerprint density at radius 1 is 1.10 bits per heavy atom. The van der Waals surface area contributed by atoms with Crippen LogP contribution >= 0.6 is 11.6 Å². The first-order valence-corrected chi connectivity index (χ1v) is 7.42. The van der Waals surface area contributed by atoms with Crippen LogP contribution in [0.25, 0.3) is 0 Å². The monoisotopic (exact) mass is 300 g/mol. The van der Waals surface area contributed by atoms with Gasteiger partial charge in [-0.1, -0.05) is 41.9 Å². The van der Waals surface area contributed by atoms with Crippen molar-refractivity contribution in [1.82, 2.24) is 0 Å². The van der Waals surface area contributed by atoms with Gasteiger partial charge in [-0.25, -0.2) is 0 Å². The Balaban J connectivity index is 1.93. The van der Waals surface area contributed by atoms with E-state index in [1.807, 2.05) is 59.6 Å². The van der Waals surface area contributed by atoms with Gasteiger partial charge in [0.1, 0.15) is 0 Å². The highest BCUT2D eigenvalue weighted by Crippen LogP contribution is 2.35. The van der Waals surface area contributed by atoms with Gasteiger partial charge < -0.3 is 5.11 Å². The van der Waals surface area contributed by atoms with E-state index in [0.717, 1.165) is 22.8 Å². The zero-order chi connectivity index (χ0) is 14.7.